The highest BCUT2D eigenvalue weighted by molar-refractivity contribution is 7.89. The highest BCUT2D eigenvalue weighted by Crippen LogP contribution is 2.33. The number of carbonyl (C=O) groups is 1. The minimum absolute atomic E-state index is 0.00346. The summed E-state index contributed by atoms with van der Waals surface area (Å²) in [7, 11) is -3.81. The maximum atomic E-state index is 13.2. The Kier molecular flexibility index (Phi) is 7.50. The Morgan fingerprint density at radius 2 is 1.68 bits per heavy atom. The fourth-order valence-corrected chi connectivity index (χ4v) is 5.91. The number of likely N-dealkylation sites (N-methyl/N-ethyl adjacent to an activating group) is 1. The largest absolute Gasteiger partial charge is 0.368 e. The van der Waals surface area contributed by atoms with Crippen molar-refractivity contribution in [1.29, 1.82) is 0 Å². The highest BCUT2D eigenvalue weighted by atomic mass is 32.2. The maximum absolute atomic E-state index is 13.2. The maximum Gasteiger partial charge on any atom is 0.270 e. The van der Waals surface area contributed by atoms with Crippen LogP contribution < -0.4 is 4.90 Å². The number of anilines is 1. The Morgan fingerprint density at radius 1 is 1.06 bits per heavy atom. The molecular formula is C20H31N5O5S. The van der Waals surface area contributed by atoms with Crippen molar-refractivity contribution >= 4 is 27.3 Å². The molecule has 2 saturated heterocycles. The lowest BCUT2D eigenvalue weighted by atomic mass is 10.2. The molecule has 0 spiro atoms. The van der Waals surface area contributed by atoms with Crippen LogP contribution in [0.15, 0.2) is 23.1 Å². The van der Waals surface area contributed by atoms with Gasteiger partial charge in [0.15, 0.2) is 0 Å². The van der Waals surface area contributed by atoms with Gasteiger partial charge in [-0.1, -0.05) is 0 Å². The van der Waals surface area contributed by atoms with Gasteiger partial charge in [-0.25, -0.2) is 8.42 Å². The molecule has 0 bridgehead atoms. The number of nitro groups is 1. The van der Waals surface area contributed by atoms with Gasteiger partial charge in [-0.3, -0.25) is 19.8 Å². The molecule has 31 heavy (non-hydrogen) atoms. The number of benzene rings is 1. The Morgan fingerprint density at radius 3 is 2.23 bits per heavy atom. The number of nitro benzene ring substituents is 1. The van der Waals surface area contributed by atoms with E-state index in [1.807, 2.05) is 18.7 Å². The van der Waals surface area contributed by atoms with E-state index in [9.17, 15) is 23.3 Å². The smallest absolute Gasteiger partial charge is 0.270 e. The molecule has 1 aromatic rings. The molecule has 0 aliphatic carbocycles. The van der Waals surface area contributed by atoms with Gasteiger partial charge in [0.2, 0.25) is 15.9 Å². The Labute approximate surface area is 183 Å². The number of hydrogen-bond donors (Lipinski definition) is 0. The van der Waals surface area contributed by atoms with Crippen molar-refractivity contribution in [2.24, 2.45) is 0 Å². The first-order chi connectivity index (χ1) is 14.8. The summed E-state index contributed by atoms with van der Waals surface area (Å²) in [6, 6.07) is 4.08. The van der Waals surface area contributed by atoms with E-state index in [0.717, 1.165) is 12.8 Å². The van der Waals surface area contributed by atoms with Crippen LogP contribution in [0, 0.1) is 10.1 Å². The third-order valence-electron chi connectivity index (χ3n) is 6.03. The van der Waals surface area contributed by atoms with Crippen LogP contribution in [0.1, 0.15) is 26.7 Å². The van der Waals surface area contributed by atoms with E-state index in [1.54, 1.807) is 4.90 Å². The molecule has 2 fully saturated rings. The van der Waals surface area contributed by atoms with Gasteiger partial charge in [-0.15, -0.1) is 0 Å². The molecule has 2 heterocycles. The first-order valence-corrected chi connectivity index (χ1v) is 12.3. The van der Waals surface area contributed by atoms with Crippen LogP contribution in [-0.4, -0.2) is 92.3 Å². The summed E-state index contributed by atoms with van der Waals surface area (Å²) >= 11 is 0. The van der Waals surface area contributed by atoms with Crippen LogP contribution in [0.25, 0.3) is 0 Å². The van der Waals surface area contributed by atoms with E-state index in [0.29, 0.717) is 64.6 Å². The Bertz CT molecular complexity index is 905. The van der Waals surface area contributed by atoms with E-state index < -0.39 is 14.9 Å². The fourth-order valence-electron chi connectivity index (χ4n) is 4.17. The molecule has 0 saturated carbocycles. The third-order valence-corrected chi connectivity index (χ3v) is 7.95. The average molecular weight is 454 g/mol. The van der Waals surface area contributed by atoms with Gasteiger partial charge < -0.3 is 9.80 Å². The monoisotopic (exact) mass is 453 g/mol. The van der Waals surface area contributed by atoms with E-state index >= 15 is 0 Å². The standard InChI is InChI=1S/C20H31N5O5S/c1-3-22(4-2)20(26)16-21-11-13-23(14-12-21)18-8-7-17(25(27)28)15-19(18)31(29,30)24-9-5-6-10-24/h7-8,15H,3-6,9-14,16H2,1-2H3. The Hall–Kier alpha value is -2.24. The molecule has 11 heteroatoms. The second kappa shape index (κ2) is 9.92. The zero-order valence-electron chi connectivity index (χ0n) is 18.2. The molecule has 0 aromatic heterocycles. The fraction of sp³-hybridized carbons (Fsp3) is 0.650. The molecule has 0 radical (unpaired) electrons. The van der Waals surface area contributed by atoms with Crippen molar-refractivity contribution in [3.05, 3.63) is 28.3 Å². The van der Waals surface area contributed by atoms with E-state index in [1.165, 1.54) is 22.5 Å². The molecule has 10 nitrogen and oxygen atoms in total. The first kappa shape index (κ1) is 23.4. The molecule has 2 aliphatic heterocycles. The molecule has 2 aliphatic rings. The van der Waals surface area contributed by atoms with Crippen molar-refractivity contribution in [3.63, 3.8) is 0 Å². The van der Waals surface area contributed by atoms with Gasteiger partial charge in [0.05, 0.1) is 17.2 Å². The normalized spacial score (nSPS) is 18.3. The van der Waals surface area contributed by atoms with Crippen LogP contribution in [0.4, 0.5) is 11.4 Å². The summed E-state index contributed by atoms with van der Waals surface area (Å²) < 4.78 is 27.9. The lowest BCUT2D eigenvalue weighted by Gasteiger charge is -2.37. The van der Waals surface area contributed by atoms with Gasteiger partial charge in [-0.2, -0.15) is 4.31 Å². The van der Waals surface area contributed by atoms with Gasteiger partial charge >= 0.3 is 0 Å². The van der Waals surface area contributed by atoms with E-state index in [2.05, 4.69) is 4.90 Å². The molecular weight excluding hydrogens is 422 g/mol. The van der Waals surface area contributed by atoms with Crippen LogP contribution in [-0.2, 0) is 14.8 Å². The number of amides is 1. The number of nitrogens with zero attached hydrogens (tertiary/aromatic N) is 5. The topological polar surface area (TPSA) is 107 Å². The third kappa shape index (κ3) is 5.16. The van der Waals surface area contributed by atoms with Crippen LogP contribution in [0.5, 0.6) is 0 Å². The molecule has 1 aromatic carbocycles. The number of sulfonamides is 1. The summed E-state index contributed by atoms with van der Waals surface area (Å²) in [5.74, 6) is 0.0890. The van der Waals surface area contributed by atoms with Gasteiger partial charge in [-0.05, 0) is 32.8 Å². The van der Waals surface area contributed by atoms with Gasteiger partial charge in [0, 0.05) is 64.5 Å². The van der Waals surface area contributed by atoms with Gasteiger partial charge in [0.1, 0.15) is 4.90 Å². The minimum Gasteiger partial charge on any atom is -0.368 e. The SMILES string of the molecule is CCN(CC)C(=O)CN1CCN(c2ccc([N+](=O)[O-])cc2S(=O)(=O)N2CCCC2)CC1. The summed E-state index contributed by atoms with van der Waals surface area (Å²) in [4.78, 5) is 28.9. The molecule has 0 N–H and O–H groups in total. The van der Waals surface area contributed by atoms with Crippen molar-refractivity contribution < 1.29 is 18.1 Å². The second-order valence-corrected chi connectivity index (χ2v) is 9.76. The lowest BCUT2D eigenvalue weighted by molar-refractivity contribution is -0.385. The van der Waals surface area contributed by atoms with Crippen LogP contribution in [0.3, 0.4) is 0 Å². The van der Waals surface area contributed by atoms with Crippen molar-refractivity contribution in [3.8, 4) is 0 Å². The van der Waals surface area contributed by atoms with Gasteiger partial charge in [0.25, 0.3) is 5.69 Å². The van der Waals surface area contributed by atoms with Crippen molar-refractivity contribution in [2.75, 3.05) is 63.8 Å². The number of rotatable bonds is 8. The molecule has 172 valence electrons. The zero-order chi connectivity index (χ0) is 22.6. The predicted octanol–water partition coefficient (Wildman–Crippen LogP) is 1.37. The number of hydrogen-bond acceptors (Lipinski definition) is 7. The average Bonchev–Trinajstić information content (AvgIpc) is 3.30. The van der Waals surface area contributed by atoms with Crippen molar-refractivity contribution in [1.82, 2.24) is 14.1 Å². The molecule has 0 unspecified atom stereocenters. The minimum atomic E-state index is -3.81. The highest BCUT2D eigenvalue weighted by Gasteiger charge is 2.33. The molecule has 1 amide bonds. The number of non-ortho nitro benzene ring substituents is 1. The lowest BCUT2D eigenvalue weighted by Crippen LogP contribution is -2.50. The Balaban J connectivity index is 1.79. The number of piperazine rings is 1. The summed E-state index contributed by atoms with van der Waals surface area (Å²) in [6.07, 6.45) is 1.59. The summed E-state index contributed by atoms with van der Waals surface area (Å²) in [5.41, 5.74) is 0.261. The predicted molar refractivity (Wildman–Crippen MR) is 118 cm³/mol. The molecule has 0 atom stereocenters. The number of carbonyl (C=O) groups excluding carboxylic acids is 1. The van der Waals surface area contributed by atoms with Crippen molar-refractivity contribution in [2.45, 2.75) is 31.6 Å². The molecule has 3 rings (SSSR count). The van der Waals surface area contributed by atoms with Crippen LogP contribution >= 0.6 is 0 Å². The van der Waals surface area contributed by atoms with E-state index in [-0.39, 0.29) is 16.5 Å². The van der Waals surface area contributed by atoms with E-state index in [4.69, 9.17) is 0 Å². The quantitative estimate of drug-likeness (QED) is 0.432. The van der Waals surface area contributed by atoms with Crippen LogP contribution in [0.2, 0.25) is 0 Å². The first-order valence-electron chi connectivity index (χ1n) is 10.8. The summed E-state index contributed by atoms with van der Waals surface area (Å²) in [5, 5.41) is 11.3. The zero-order valence-corrected chi connectivity index (χ0v) is 19.0. The summed E-state index contributed by atoms with van der Waals surface area (Å²) in [6.45, 7) is 8.81. The second-order valence-electron chi connectivity index (χ2n) is 7.85.